The van der Waals surface area contributed by atoms with Gasteiger partial charge in [-0.15, -0.1) is 0 Å². The van der Waals surface area contributed by atoms with Gasteiger partial charge in [-0.3, -0.25) is 4.79 Å². The van der Waals surface area contributed by atoms with Crippen LogP contribution in [0.2, 0.25) is 0 Å². The van der Waals surface area contributed by atoms with Crippen molar-refractivity contribution < 1.29 is 17.9 Å². The molecule has 6 nitrogen and oxygen atoms in total. The fourth-order valence-corrected chi connectivity index (χ4v) is 3.97. The van der Waals surface area contributed by atoms with Gasteiger partial charge in [-0.05, 0) is 42.5 Å². The summed E-state index contributed by atoms with van der Waals surface area (Å²) in [5, 5.41) is 0. The van der Waals surface area contributed by atoms with Crippen molar-refractivity contribution >= 4 is 15.9 Å². The summed E-state index contributed by atoms with van der Waals surface area (Å²) < 4.78 is 30.3. The van der Waals surface area contributed by atoms with Crippen LogP contribution < -0.4 is 4.74 Å². The molecule has 140 valence electrons. The number of hydrogen-bond donors (Lipinski definition) is 0. The van der Waals surface area contributed by atoms with E-state index in [1.54, 1.807) is 4.90 Å². The predicted molar refractivity (Wildman–Crippen MR) is 98.4 cm³/mol. The molecule has 0 radical (unpaired) electrons. The van der Waals surface area contributed by atoms with Gasteiger partial charge in [0.05, 0.1) is 6.26 Å². The van der Waals surface area contributed by atoms with E-state index in [-0.39, 0.29) is 12.5 Å². The number of aryl methyl sites for hydroxylation is 1. The van der Waals surface area contributed by atoms with E-state index in [4.69, 9.17) is 4.74 Å². The summed E-state index contributed by atoms with van der Waals surface area (Å²) in [4.78, 5) is 14.1. The summed E-state index contributed by atoms with van der Waals surface area (Å²) >= 11 is 0. The predicted octanol–water partition coefficient (Wildman–Crippen LogP) is 1.99. The zero-order chi connectivity index (χ0) is 18.6. The Bertz CT molecular complexity index is 716. The molecule has 1 aliphatic heterocycles. The van der Waals surface area contributed by atoms with E-state index in [1.165, 1.54) is 16.1 Å². The molecule has 25 heavy (non-hydrogen) atoms. The quantitative estimate of drug-likeness (QED) is 0.797. The van der Waals surface area contributed by atoms with E-state index in [9.17, 15) is 13.2 Å². The maximum absolute atomic E-state index is 12.4. The van der Waals surface area contributed by atoms with Crippen LogP contribution in [0.15, 0.2) is 18.2 Å². The van der Waals surface area contributed by atoms with Gasteiger partial charge in [-0.1, -0.05) is 19.9 Å². The second-order valence-corrected chi connectivity index (χ2v) is 8.84. The molecule has 0 atom stereocenters. The number of amides is 1. The van der Waals surface area contributed by atoms with Gasteiger partial charge in [0.2, 0.25) is 10.0 Å². The van der Waals surface area contributed by atoms with Crippen LogP contribution in [0.5, 0.6) is 5.75 Å². The van der Waals surface area contributed by atoms with Crippen molar-refractivity contribution in [3.63, 3.8) is 0 Å². The average Bonchev–Trinajstić information content (AvgIpc) is 2.78. The van der Waals surface area contributed by atoms with Gasteiger partial charge >= 0.3 is 0 Å². The average molecular weight is 368 g/mol. The van der Waals surface area contributed by atoms with Crippen LogP contribution in [0.1, 0.15) is 37.3 Å². The summed E-state index contributed by atoms with van der Waals surface area (Å²) in [6, 6.07) is 5.88. The lowest BCUT2D eigenvalue weighted by molar-refractivity contribution is -0.133. The number of ether oxygens (including phenoxy) is 1. The zero-order valence-corrected chi connectivity index (χ0v) is 16.3. The summed E-state index contributed by atoms with van der Waals surface area (Å²) in [6.45, 7) is 8.06. The van der Waals surface area contributed by atoms with E-state index >= 15 is 0 Å². The SMILES string of the molecule is Cc1cc(OCC(=O)N2CCCN(S(C)(=O)=O)CC2)ccc1C(C)C. The van der Waals surface area contributed by atoms with E-state index in [2.05, 4.69) is 13.8 Å². The van der Waals surface area contributed by atoms with Gasteiger partial charge in [-0.25, -0.2) is 12.7 Å². The first-order chi connectivity index (χ1) is 11.7. The maximum atomic E-state index is 12.4. The van der Waals surface area contributed by atoms with Crippen LogP contribution in [0.25, 0.3) is 0 Å². The highest BCUT2D eigenvalue weighted by Gasteiger charge is 2.24. The van der Waals surface area contributed by atoms with Crippen LogP contribution in [-0.2, 0) is 14.8 Å². The summed E-state index contributed by atoms with van der Waals surface area (Å²) in [6.07, 6.45) is 1.84. The number of carbonyl (C=O) groups excluding carboxylic acids is 1. The Morgan fingerprint density at radius 3 is 2.52 bits per heavy atom. The third-order valence-corrected chi connectivity index (χ3v) is 5.81. The minimum absolute atomic E-state index is 0.0284. The van der Waals surface area contributed by atoms with Gasteiger partial charge in [0, 0.05) is 26.2 Å². The number of nitrogens with zero attached hydrogens (tertiary/aromatic N) is 2. The van der Waals surface area contributed by atoms with Crippen LogP contribution in [-0.4, -0.2) is 62.6 Å². The zero-order valence-electron chi connectivity index (χ0n) is 15.5. The number of sulfonamides is 1. The largest absolute Gasteiger partial charge is 0.484 e. The molecule has 7 heteroatoms. The first-order valence-electron chi connectivity index (χ1n) is 8.64. The molecule has 0 unspecified atom stereocenters. The maximum Gasteiger partial charge on any atom is 0.260 e. The number of benzene rings is 1. The van der Waals surface area contributed by atoms with E-state index < -0.39 is 10.0 Å². The van der Waals surface area contributed by atoms with Crippen molar-refractivity contribution in [2.75, 3.05) is 39.0 Å². The molecule has 0 N–H and O–H groups in total. The highest BCUT2D eigenvalue weighted by Crippen LogP contribution is 2.23. The third kappa shape index (κ3) is 5.44. The lowest BCUT2D eigenvalue weighted by Crippen LogP contribution is -2.39. The Morgan fingerprint density at radius 1 is 1.20 bits per heavy atom. The van der Waals surface area contributed by atoms with Gasteiger partial charge < -0.3 is 9.64 Å². The second kappa shape index (κ2) is 8.19. The Balaban J connectivity index is 1.91. The van der Waals surface area contributed by atoms with Crippen LogP contribution >= 0.6 is 0 Å². The minimum Gasteiger partial charge on any atom is -0.484 e. The van der Waals surface area contributed by atoms with Crippen molar-refractivity contribution in [1.82, 2.24) is 9.21 Å². The molecule has 1 fully saturated rings. The van der Waals surface area contributed by atoms with E-state index in [1.807, 2.05) is 25.1 Å². The summed E-state index contributed by atoms with van der Waals surface area (Å²) in [5.74, 6) is 1.02. The number of hydrogen-bond acceptors (Lipinski definition) is 4. The molecular formula is C18H28N2O4S. The Labute approximate surface area is 150 Å². The molecule has 1 amide bonds. The lowest BCUT2D eigenvalue weighted by Gasteiger charge is -2.21. The highest BCUT2D eigenvalue weighted by atomic mass is 32.2. The van der Waals surface area contributed by atoms with Crippen LogP contribution in [0.4, 0.5) is 0 Å². The van der Waals surface area contributed by atoms with Gasteiger partial charge in [0.15, 0.2) is 6.61 Å². The molecule has 2 rings (SSSR count). The highest BCUT2D eigenvalue weighted by molar-refractivity contribution is 7.88. The molecule has 0 bridgehead atoms. The second-order valence-electron chi connectivity index (χ2n) is 6.86. The van der Waals surface area contributed by atoms with Gasteiger partial charge in [0.1, 0.15) is 5.75 Å². The smallest absolute Gasteiger partial charge is 0.260 e. The first-order valence-corrected chi connectivity index (χ1v) is 10.5. The number of carbonyl (C=O) groups is 1. The third-order valence-electron chi connectivity index (χ3n) is 4.50. The van der Waals surface area contributed by atoms with Gasteiger partial charge in [0.25, 0.3) is 5.91 Å². The van der Waals surface area contributed by atoms with Crippen LogP contribution in [0, 0.1) is 6.92 Å². The fourth-order valence-electron chi connectivity index (χ4n) is 3.10. The Hall–Kier alpha value is -1.60. The van der Waals surface area contributed by atoms with E-state index in [0.29, 0.717) is 44.3 Å². The van der Waals surface area contributed by atoms with Crippen molar-refractivity contribution in [2.24, 2.45) is 0 Å². The fraction of sp³-hybridized carbons (Fsp3) is 0.611. The lowest BCUT2D eigenvalue weighted by atomic mass is 9.98. The van der Waals surface area contributed by atoms with Crippen LogP contribution in [0.3, 0.4) is 0 Å². The summed E-state index contributed by atoms with van der Waals surface area (Å²) in [5.41, 5.74) is 2.42. The normalized spacial score (nSPS) is 16.8. The molecule has 1 aromatic carbocycles. The molecule has 0 aromatic heterocycles. The molecule has 1 aliphatic rings. The van der Waals surface area contributed by atoms with E-state index in [0.717, 1.165) is 5.56 Å². The molecule has 1 aromatic rings. The molecule has 0 saturated carbocycles. The van der Waals surface area contributed by atoms with Crippen molar-refractivity contribution in [2.45, 2.75) is 33.1 Å². The Kier molecular flexibility index (Phi) is 6.46. The molecule has 0 spiro atoms. The van der Waals surface area contributed by atoms with Gasteiger partial charge in [-0.2, -0.15) is 0 Å². The molecular weight excluding hydrogens is 340 g/mol. The Morgan fingerprint density at radius 2 is 1.92 bits per heavy atom. The summed E-state index contributed by atoms with van der Waals surface area (Å²) in [7, 11) is -3.21. The minimum atomic E-state index is -3.21. The molecule has 1 heterocycles. The monoisotopic (exact) mass is 368 g/mol. The van der Waals surface area contributed by atoms with Crippen molar-refractivity contribution in [1.29, 1.82) is 0 Å². The topological polar surface area (TPSA) is 66.9 Å². The number of rotatable bonds is 5. The van der Waals surface area contributed by atoms with Crippen molar-refractivity contribution in [3.8, 4) is 5.75 Å². The molecule has 1 saturated heterocycles. The van der Waals surface area contributed by atoms with Crippen molar-refractivity contribution in [3.05, 3.63) is 29.3 Å². The first kappa shape index (κ1) is 19.7. The standard InChI is InChI=1S/C18H28N2O4S/c1-14(2)17-7-6-16(12-15(17)3)24-13-18(21)19-8-5-9-20(11-10-19)25(4,22)23/h6-7,12,14H,5,8-11,13H2,1-4H3. The molecule has 0 aliphatic carbocycles.